The van der Waals surface area contributed by atoms with Gasteiger partial charge in [-0.15, -0.1) is 10.2 Å². The minimum absolute atomic E-state index is 0.0248. The molecule has 0 saturated heterocycles. The number of thioether (sulfide) groups is 1. The topological polar surface area (TPSA) is 75.1 Å². The number of hydrogen-bond acceptors (Lipinski definition) is 5. The zero-order valence-electron chi connectivity index (χ0n) is 11.5. The molecule has 1 heterocycles. The summed E-state index contributed by atoms with van der Waals surface area (Å²) >= 11 is 1.73. The van der Waals surface area contributed by atoms with Crippen molar-refractivity contribution in [3.05, 3.63) is 30.0 Å². The van der Waals surface area contributed by atoms with E-state index in [1.165, 1.54) is 0 Å². The van der Waals surface area contributed by atoms with Crippen molar-refractivity contribution < 1.29 is 9.90 Å². The zero-order chi connectivity index (χ0) is 14.5. The van der Waals surface area contributed by atoms with Gasteiger partial charge in [0.1, 0.15) is 0 Å². The number of nitrogens with one attached hydrogen (secondary N) is 1. The van der Waals surface area contributed by atoms with Gasteiger partial charge in [0.15, 0.2) is 5.69 Å². The lowest BCUT2D eigenvalue weighted by atomic mass is 10.1. The summed E-state index contributed by atoms with van der Waals surface area (Å²) in [5, 5.41) is 21.2. The van der Waals surface area contributed by atoms with E-state index in [0.717, 1.165) is 17.6 Å². The number of aromatic carboxylic acids is 1. The summed E-state index contributed by atoms with van der Waals surface area (Å²) in [4.78, 5) is 11.3. The SMILES string of the molecule is CCC(CSC)Nc1c(C(=O)O)nnc2ccccc12. The van der Waals surface area contributed by atoms with Gasteiger partial charge in [0.25, 0.3) is 0 Å². The van der Waals surface area contributed by atoms with Gasteiger partial charge < -0.3 is 10.4 Å². The van der Waals surface area contributed by atoms with E-state index in [1.807, 2.05) is 30.5 Å². The number of carboxylic acids is 1. The first kappa shape index (κ1) is 14.6. The predicted octanol–water partition coefficient (Wildman–Crippen LogP) is 2.88. The number of hydrogen-bond donors (Lipinski definition) is 2. The lowest BCUT2D eigenvalue weighted by Gasteiger charge is -2.19. The van der Waals surface area contributed by atoms with Gasteiger partial charge in [-0.25, -0.2) is 4.79 Å². The lowest BCUT2D eigenvalue weighted by molar-refractivity contribution is 0.0690. The second-order valence-electron chi connectivity index (χ2n) is 4.45. The van der Waals surface area contributed by atoms with Crippen molar-refractivity contribution >= 4 is 34.3 Å². The summed E-state index contributed by atoms with van der Waals surface area (Å²) in [6.07, 6.45) is 2.95. The zero-order valence-corrected chi connectivity index (χ0v) is 12.3. The first-order valence-electron chi connectivity index (χ1n) is 6.41. The van der Waals surface area contributed by atoms with Crippen LogP contribution in [0.25, 0.3) is 10.9 Å². The van der Waals surface area contributed by atoms with Crippen LogP contribution in [-0.2, 0) is 0 Å². The molecule has 20 heavy (non-hydrogen) atoms. The minimum Gasteiger partial charge on any atom is -0.476 e. The quantitative estimate of drug-likeness (QED) is 0.852. The average Bonchev–Trinajstić information content (AvgIpc) is 2.46. The molecule has 0 radical (unpaired) electrons. The smallest absolute Gasteiger partial charge is 0.358 e. The number of carbonyl (C=O) groups is 1. The molecule has 2 N–H and O–H groups in total. The summed E-state index contributed by atoms with van der Waals surface area (Å²) in [7, 11) is 0. The van der Waals surface area contributed by atoms with Gasteiger partial charge in [0, 0.05) is 17.2 Å². The minimum atomic E-state index is -1.07. The summed E-state index contributed by atoms with van der Waals surface area (Å²) in [6.45, 7) is 2.07. The molecule has 0 saturated carbocycles. The van der Waals surface area contributed by atoms with E-state index >= 15 is 0 Å². The number of carboxylic acid groups (broad SMARTS) is 1. The third-order valence-corrected chi connectivity index (χ3v) is 3.82. The standard InChI is InChI=1S/C14H17N3O2S/c1-3-9(8-20-2)15-12-10-6-4-5-7-11(10)16-17-13(12)14(18)19/h4-7,9H,3,8H2,1-2H3,(H,15,16)(H,18,19). The van der Waals surface area contributed by atoms with Crippen LogP contribution < -0.4 is 5.32 Å². The fourth-order valence-electron chi connectivity index (χ4n) is 2.02. The summed E-state index contributed by atoms with van der Waals surface area (Å²) in [5.74, 6) is -0.156. The van der Waals surface area contributed by atoms with E-state index in [2.05, 4.69) is 22.4 Å². The van der Waals surface area contributed by atoms with Crippen molar-refractivity contribution in [3.8, 4) is 0 Å². The molecule has 1 aromatic carbocycles. The molecule has 106 valence electrons. The molecule has 2 rings (SSSR count). The molecule has 1 unspecified atom stereocenters. The molecule has 0 bridgehead atoms. The van der Waals surface area contributed by atoms with Crippen LogP contribution in [0.1, 0.15) is 23.8 Å². The molecule has 2 aromatic rings. The van der Waals surface area contributed by atoms with Crippen molar-refractivity contribution in [3.63, 3.8) is 0 Å². The van der Waals surface area contributed by atoms with Crippen molar-refractivity contribution in [2.24, 2.45) is 0 Å². The fourth-order valence-corrected chi connectivity index (χ4v) is 2.74. The Morgan fingerprint density at radius 3 is 2.80 bits per heavy atom. The molecule has 0 amide bonds. The maximum Gasteiger partial charge on any atom is 0.358 e. The highest BCUT2D eigenvalue weighted by Gasteiger charge is 2.18. The van der Waals surface area contributed by atoms with Crippen LogP contribution in [0.2, 0.25) is 0 Å². The van der Waals surface area contributed by atoms with Crippen LogP contribution in [-0.4, -0.2) is 39.3 Å². The monoisotopic (exact) mass is 291 g/mol. The highest BCUT2D eigenvalue weighted by Crippen LogP contribution is 2.25. The maximum absolute atomic E-state index is 11.3. The molecule has 1 atom stereocenters. The van der Waals surface area contributed by atoms with Gasteiger partial charge in [-0.3, -0.25) is 0 Å². The van der Waals surface area contributed by atoms with Gasteiger partial charge in [-0.2, -0.15) is 11.8 Å². The molecule has 6 heteroatoms. The van der Waals surface area contributed by atoms with Crippen molar-refractivity contribution in [1.82, 2.24) is 10.2 Å². The molecule has 0 aliphatic rings. The Morgan fingerprint density at radius 1 is 1.40 bits per heavy atom. The van der Waals surface area contributed by atoms with E-state index < -0.39 is 5.97 Å². The van der Waals surface area contributed by atoms with Gasteiger partial charge in [-0.05, 0) is 18.7 Å². The third kappa shape index (κ3) is 3.01. The van der Waals surface area contributed by atoms with Gasteiger partial charge in [0.2, 0.25) is 0 Å². The van der Waals surface area contributed by atoms with Crippen LogP contribution in [0.4, 0.5) is 5.69 Å². The predicted molar refractivity (Wildman–Crippen MR) is 82.6 cm³/mol. The Kier molecular flexibility index (Phi) is 4.79. The van der Waals surface area contributed by atoms with Crippen LogP contribution in [0.3, 0.4) is 0 Å². The molecular formula is C14H17N3O2S. The molecule has 0 spiro atoms. The van der Waals surface area contributed by atoms with E-state index in [1.54, 1.807) is 11.8 Å². The highest BCUT2D eigenvalue weighted by molar-refractivity contribution is 7.98. The second-order valence-corrected chi connectivity index (χ2v) is 5.36. The lowest BCUT2D eigenvalue weighted by Crippen LogP contribution is -2.23. The number of rotatable bonds is 6. The van der Waals surface area contributed by atoms with Gasteiger partial charge >= 0.3 is 5.97 Å². The summed E-state index contributed by atoms with van der Waals surface area (Å²) in [6, 6.07) is 7.63. The van der Waals surface area contributed by atoms with Crippen LogP contribution in [0.15, 0.2) is 24.3 Å². The van der Waals surface area contributed by atoms with Crippen molar-refractivity contribution in [2.45, 2.75) is 19.4 Å². The van der Waals surface area contributed by atoms with Crippen molar-refractivity contribution in [1.29, 1.82) is 0 Å². The van der Waals surface area contributed by atoms with Gasteiger partial charge in [-0.1, -0.05) is 25.1 Å². The Balaban J connectivity index is 2.51. The van der Waals surface area contributed by atoms with Crippen molar-refractivity contribution in [2.75, 3.05) is 17.3 Å². The molecule has 5 nitrogen and oxygen atoms in total. The van der Waals surface area contributed by atoms with Gasteiger partial charge in [0.05, 0.1) is 11.2 Å². The van der Waals surface area contributed by atoms with Crippen LogP contribution in [0.5, 0.6) is 0 Å². The molecule has 0 fully saturated rings. The van der Waals surface area contributed by atoms with Crippen LogP contribution >= 0.6 is 11.8 Å². The molecule has 0 aliphatic carbocycles. The van der Waals surface area contributed by atoms with E-state index in [0.29, 0.717) is 11.2 Å². The summed E-state index contributed by atoms with van der Waals surface area (Å²) < 4.78 is 0. The Labute approximate surface area is 121 Å². The van der Waals surface area contributed by atoms with E-state index in [4.69, 9.17) is 0 Å². The Hall–Kier alpha value is -1.82. The maximum atomic E-state index is 11.3. The molecule has 0 aliphatic heterocycles. The Bertz CT molecular complexity index is 618. The molecular weight excluding hydrogens is 274 g/mol. The molecule has 1 aromatic heterocycles. The van der Waals surface area contributed by atoms with E-state index in [9.17, 15) is 9.90 Å². The first-order valence-corrected chi connectivity index (χ1v) is 7.81. The Morgan fingerprint density at radius 2 is 2.15 bits per heavy atom. The normalized spacial score (nSPS) is 12.3. The average molecular weight is 291 g/mol. The number of benzene rings is 1. The number of aromatic nitrogens is 2. The number of anilines is 1. The third-order valence-electron chi connectivity index (χ3n) is 3.08. The van der Waals surface area contributed by atoms with E-state index in [-0.39, 0.29) is 11.7 Å². The second kappa shape index (κ2) is 6.56. The highest BCUT2D eigenvalue weighted by atomic mass is 32.2. The number of nitrogens with zero attached hydrogens (tertiary/aromatic N) is 2. The first-order chi connectivity index (χ1) is 9.67. The largest absolute Gasteiger partial charge is 0.476 e. The summed E-state index contributed by atoms with van der Waals surface area (Å²) in [5.41, 5.74) is 1.23. The number of fused-ring (bicyclic) bond motifs is 1. The van der Waals surface area contributed by atoms with Crippen LogP contribution in [0, 0.1) is 0 Å². The fraction of sp³-hybridized carbons (Fsp3) is 0.357.